The minimum atomic E-state index is -1.23. The number of carbonyl (C=O) groups excluding carboxylic acids is 1. The van der Waals surface area contributed by atoms with Gasteiger partial charge in [-0.25, -0.2) is 9.78 Å². The van der Waals surface area contributed by atoms with Gasteiger partial charge in [-0.1, -0.05) is 38.9 Å². The Morgan fingerprint density at radius 2 is 2.15 bits per heavy atom. The summed E-state index contributed by atoms with van der Waals surface area (Å²) in [6.45, 7) is 1.30. The maximum Gasteiger partial charge on any atom is 0.356 e. The molecule has 0 saturated carbocycles. The fourth-order valence-electron chi connectivity index (χ4n) is 1.46. The van der Waals surface area contributed by atoms with Crippen LogP contribution in [0, 0.1) is 0 Å². The summed E-state index contributed by atoms with van der Waals surface area (Å²) in [6, 6.07) is 5.20. The lowest BCUT2D eigenvalue weighted by molar-refractivity contribution is 0.0687. The highest BCUT2D eigenvalue weighted by molar-refractivity contribution is 9.10. The number of carboxylic acids is 1. The van der Waals surface area contributed by atoms with E-state index in [2.05, 4.69) is 26.2 Å². The van der Waals surface area contributed by atoms with E-state index in [-0.39, 0.29) is 16.4 Å². The van der Waals surface area contributed by atoms with Crippen molar-refractivity contribution >= 4 is 61.4 Å². The van der Waals surface area contributed by atoms with Gasteiger partial charge in [-0.3, -0.25) is 4.79 Å². The number of ketones is 1. The van der Waals surface area contributed by atoms with Gasteiger partial charge in [0.2, 0.25) is 0 Å². The molecule has 0 saturated heterocycles. The minimum Gasteiger partial charge on any atom is -0.476 e. The van der Waals surface area contributed by atoms with Gasteiger partial charge in [0.1, 0.15) is 4.88 Å². The first-order chi connectivity index (χ1) is 9.38. The third-order valence-corrected chi connectivity index (χ3v) is 4.20. The van der Waals surface area contributed by atoms with Crippen molar-refractivity contribution < 1.29 is 14.7 Å². The number of nitrogens with zero attached hydrogens (tertiary/aromatic N) is 1. The second-order valence-corrected chi connectivity index (χ2v) is 6.13. The van der Waals surface area contributed by atoms with Crippen LogP contribution in [0.25, 0.3) is 0 Å². The number of carbonyl (C=O) groups is 2. The Balaban J connectivity index is 2.37. The maximum absolute atomic E-state index is 11.4. The number of Topliss-reactive ketones (excluding diaryl/α,β-unsaturated/α-hetero) is 1. The number of hydrogen-bond donors (Lipinski definition) is 2. The summed E-state index contributed by atoms with van der Waals surface area (Å²) in [5.74, 6) is -1.57. The molecule has 0 bridgehead atoms. The molecule has 0 aliphatic heterocycles. The molecule has 0 spiro atoms. The quantitative estimate of drug-likeness (QED) is 0.783. The lowest BCUT2D eigenvalue weighted by Crippen LogP contribution is -2.03. The average molecular weight is 376 g/mol. The zero-order valence-corrected chi connectivity index (χ0v) is 13.3. The van der Waals surface area contributed by atoms with Crippen molar-refractivity contribution in [2.24, 2.45) is 0 Å². The molecule has 1 heterocycles. The van der Waals surface area contributed by atoms with Gasteiger partial charge in [-0.05, 0) is 18.2 Å². The topological polar surface area (TPSA) is 79.3 Å². The van der Waals surface area contributed by atoms with Crippen LogP contribution in [0.5, 0.6) is 0 Å². The zero-order chi connectivity index (χ0) is 14.9. The average Bonchev–Trinajstić information content (AvgIpc) is 2.77. The van der Waals surface area contributed by atoms with Gasteiger partial charge in [0.05, 0.1) is 10.7 Å². The normalized spacial score (nSPS) is 10.3. The highest BCUT2D eigenvalue weighted by Gasteiger charge is 2.20. The Labute approximate surface area is 131 Å². The standard InChI is InChI=1S/C12H8BrClN2O3S/c1-5(17)10-9(11(18)19)16-12(20-10)15-8-3-2-6(13)4-7(8)14/h2-4H,1H3,(H,15,16)(H,18,19). The van der Waals surface area contributed by atoms with E-state index >= 15 is 0 Å². The number of anilines is 2. The predicted octanol–water partition coefficient (Wildman–Crippen LogP) is 4.20. The predicted molar refractivity (Wildman–Crippen MR) is 81.5 cm³/mol. The smallest absolute Gasteiger partial charge is 0.356 e. The van der Waals surface area contributed by atoms with Gasteiger partial charge in [0, 0.05) is 11.4 Å². The highest BCUT2D eigenvalue weighted by atomic mass is 79.9. The SMILES string of the molecule is CC(=O)c1sc(Nc2ccc(Br)cc2Cl)nc1C(=O)O. The summed E-state index contributed by atoms with van der Waals surface area (Å²) < 4.78 is 0.822. The molecule has 0 aliphatic rings. The third kappa shape index (κ3) is 3.17. The number of benzene rings is 1. The van der Waals surface area contributed by atoms with Crippen LogP contribution in [0.3, 0.4) is 0 Å². The molecule has 20 heavy (non-hydrogen) atoms. The molecule has 0 atom stereocenters. The number of hydrogen-bond acceptors (Lipinski definition) is 5. The lowest BCUT2D eigenvalue weighted by Gasteiger charge is -2.04. The number of rotatable bonds is 4. The maximum atomic E-state index is 11.4. The first-order valence-corrected chi connectivity index (χ1v) is 7.34. The van der Waals surface area contributed by atoms with Crippen LogP contribution >= 0.6 is 38.9 Å². The highest BCUT2D eigenvalue weighted by Crippen LogP contribution is 2.31. The van der Waals surface area contributed by atoms with Crippen LogP contribution < -0.4 is 5.32 Å². The molecule has 1 aromatic heterocycles. The second kappa shape index (κ2) is 5.90. The van der Waals surface area contributed by atoms with Crippen LogP contribution in [0.2, 0.25) is 5.02 Å². The van der Waals surface area contributed by atoms with Gasteiger partial charge >= 0.3 is 5.97 Å². The Morgan fingerprint density at radius 1 is 1.45 bits per heavy atom. The molecule has 0 aliphatic carbocycles. The van der Waals surface area contributed by atoms with E-state index in [9.17, 15) is 9.59 Å². The number of aromatic nitrogens is 1. The van der Waals surface area contributed by atoms with Crippen LogP contribution in [0.1, 0.15) is 27.1 Å². The van der Waals surface area contributed by atoms with Gasteiger partial charge in [0.15, 0.2) is 16.6 Å². The largest absolute Gasteiger partial charge is 0.476 e. The summed E-state index contributed by atoms with van der Waals surface area (Å²) in [5, 5.41) is 12.7. The van der Waals surface area contributed by atoms with E-state index in [1.807, 2.05) is 0 Å². The molecule has 2 rings (SSSR count). The summed E-state index contributed by atoms with van der Waals surface area (Å²) in [7, 11) is 0. The molecule has 0 amide bonds. The first kappa shape index (κ1) is 15.0. The summed E-state index contributed by atoms with van der Waals surface area (Å²) in [6.07, 6.45) is 0. The van der Waals surface area contributed by atoms with Gasteiger partial charge in [0.25, 0.3) is 0 Å². The van der Waals surface area contributed by atoms with Gasteiger partial charge < -0.3 is 10.4 Å². The summed E-state index contributed by atoms with van der Waals surface area (Å²) in [4.78, 5) is 26.4. The van der Waals surface area contributed by atoms with Gasteiger partial charge in [-0.2, -0.15) is 0 Å². The fraction of sp³-hybridized carbons (Fsp3) is 0.0833. The summed E-state index contributed by atoms with van der Waals surface area (Å²) >= 11 is 10.3. The molecule has 2 aromatic rings. The lowest BCUT2D eigenvalue weighted by atomic mass is 10.3. The Hall–Kier alpha value is -1.44. The zero-order valence-electron chi connectivity index (χ0n) is 10.1. The molecule has 2 N–H and O–H groups in total. The second-order valence-electron chi connectivity index (χ2n) is 3.81. The number of aromatic carboxylic acids is 1. The molecule has 0 fully saturated rings. The van der Waals surface area contributed by atoms with E-state index in [0.29, 0.717) is 15.8 Å². The van der Waals surface area contributed by atoms with Crippen molar-refractivity contribution in [2.75, 3.05) is 5.32 Å². The minimum absolute atomic E-state index is 0.105. The van der Waals surface area contributed by atoms with Crippen LogP contribution in [0.4, 0.5) is 10.8 Å². The molecule has 5 nitrogen and oxygen atoms in total. The Bertz CT molecular complexity index is 671. The number of halogens is 2. The van der Waals surface area contributed by atoms with Crippen molar-refractivity contribution in [3.05, 3.63) is 38.3 Å². The van der Waals surface area contributed by atoms with Crippen molar-refractivity contribution in [1.82, 2.24) is 4.98 Å². The first-order valence-electron chi connectivity index (χ1n) is 5.35. The number of nitrogens with one attached hydrogen (secondary N) is 1. The van der Waals surface area contributed by atoms with E-state index in [0.717, 1.165) is 15.8 Å². The fourth-order valence-corrected chi connectivity index (χ4v) is 3.05. The Morgan fingerprint density at radius 3 is 2.65 bits per heavy atom. The van der Waals surface area contributed by atoms with Crippen LogP contribution in [-0.4, -0.2) is 21.8 Å². The van der Waals surface area contributed by atoms with Crippen molar-refractivity contribution in [3.8, 4) is 0 Å². The monoisotopic (exact) mass is 374 g/mol. The molecular weight excluding hydrogens is 368 g/mol. The van der Waals surface area contributed by atoms with Crippen molar-refractivity contribution in [1.29, 1.82) is 0 Å². The number of thiazole rings is 1. The van der Waals surface area contributed by atoms with Gasteiger partial charge in [-0.15, -0.1) is 0 Å². The van der Waals surface area contributed by atoms with Crippen LogP contribution in [-0.2, 0) is 0 Å². The molecule has 8 heteroatoms. The van der Waals surface area contributed by atoms with Crippen molar-refractivity contribution in [3.63, 3.8) is 0 Å². The van der Waals surface area contributed by atoms with E-state index in [1.54, 1.807) is 18.2 Å². The summed E-state index contributed by atoms with van der Waals surface area (Å²) in [5.41, 5.74) is 0.328. The van der Waals surface area contributed by atoms with E-state index in [4.69, 9.17) is 16.7 Å². The molecular formula is C12H8BrClN2O3S. The molecule has 0 radical (unpaired) electrons. The Kier molecular flexibility index (Phi) is 4.42. The third-order valence-electron chi connectivity index (χ3n) is 2.32. The van der Waals surface area contributed by atoms with Crippen LogP contribution in [0.15, 0.2) is 22.7 Å². The van der Waals surface area contributed by atoms with E-state index < -0.39 is 5.97 Å². The molecule has 104 valence electrons. The van der Waals surface area contributed by atoms with Crippen molar-refractivity contribution in [2.45, 2.75) is 6.92 Å². The molecule has 0 unspecified atom stereocenters. The molecule has 1 aromatic carbocycles. The number of carboxylic acid groups (broad SMARTS) is 1. The van der Waals surface area contributed by atoms with E-state index in [1.165, 1.54) is 6.92 Å².